The topological polar surface area (TPSA) is 89.3 Å². The van der Waals surface area contributed by atoms with E-state index in [1.54, 1.807) is 13.8 Å². The number of hydrogen-bond acceptors (Lipinski definition) is 5. The lowest BCUT2D eigenvalue weighted by Gasteiger charge is -2.11. The Balaban J connectivity index is 2.19. The fourth-order valence-electron chi connectivity index (χ4n) is 1.79. The number of aromatic nitrogens is 1. The van der Waals surface area contributed by atoms with Crippen LogP contribution in [0.5, 0.6) is 0 Å². The monoisotopic (exact) mass is 308 g/mol. The molecule has 1 aromatic carbocycles. The van der Waals surface area contributed by atoms with Crippen LogP contribution in [-0.4, -0.2) is 19.2 Å². The molecule has 0 radical (unpaired) electrons. The minimum Gasteiger partial charge on any atom is -0.444 e. The van der Waals surface area contributed by atoms with Gasteiger partial charge in [-0.2, -0.15) is 4.72 Å². The number of carbonyl (C=O) groups excluding carboxylic acids is 1. The number of nitrogens with one attached hydrogen (secondary N) is 1. The van der Waals surface area contributed by atoms with E-state index in [0.29, 0.717) is 17.2 Å². The van der Waals surface area contributed by atoms with Crippen LogP contribution in [-0.2, 0) is 10.0 Å². The molecule has 1 aromatic heterocycles. The molecule has 1 atom stereocenters. The van der Waals surface area contributed by atoms with Crippen molar-refractivity contribution in [3.63, 3.8) is 0 Å². The molecule has 1 heterocycles. The summed E-state index contributed by atoms with van der Waals surface area (Å²) >= 11 is 0. The molecule has 1 unspecified atom stereocenters. The van der Waals surface area contributed by atoms with Crippen molar-refractivity contribution < 1.29 is 17.6 Å². The lowest BCUT2D eigenvalue weighted by molar-refractivity contribution is 0.101. The third-order valence-electron chi connectivity index (χ3n) is 2.91. The summed E-state index contributed by atoms with van der Waals surface area (Å²) in [5, 5.41) is 0. The van der Waals surface area contributed by atoms with Crippen molar-refractivity contribution in [3.05, 3.63) is 47.7 Å². The quantitative estimate of drug-likeness (QED) is 0.855. The smallest absolute Gasteiger partial charge is 0.241 e. The molecule has 112 valence electrons. The van der Waals surface area contributed by atoms with Crippen LogP contribution in [0.2, 0.25) is 0 Å². The van der Waals surface area contributed by atoms with E-state index in [1.165, 1.54) is 37.4 Å². The van der Waals surface area contributed by atoms with Gasteiger partial charge in [0.2, 0.25) is 15.9 Å². The predicted octanol–water partition coefficient (Wildman–Crippen LogP) is 2.23. The van der Waals surface area contributed by atoms with Crippen molar-refractivity contribution in [1.82, 2.24) is 9.71 Å². The van der Waals surface area contributed by atoms with E-state index in [1.807, 2.05) is 0 Å². The number of hydrogen-bond donors (Lipinski definition) is 1. The molecule has 0 aliphatic heterocycles. The van der Waals surface area contributed by atoms with Crippen LogP contribution < -0.4 is 4.72 Å². The minimum atomic E-state index is -3.70. The van der Waals surface area contributed by atoms with Crippen molar-refractivity contribution in [1.29, 1.82) is 0 Å². The molecule has 0 aliphatic carbocycles. The lowest BCUT2D eigenvalue weighted by atomic mass is 10.2. The Morgan fingerprint density at radius 1 is 1.29 bits per heavy atom. The zero-order valence-corrected chi connectivity index (χ0v) is 12.8. The Kier molecular flexibility index (Phi) is 4.24. The number of Topliss-reactive ketones (excluding diaryl/α,β-unsaturated/α-hetero) is 1. The van der Waals surface area contributed by atoms with Gasteiger partial charge >= 0.3 is 0 Å². The molecule has 0 fully saturated rings. The van der Waals surface area contributed by atoms with Gasteiger partial charge in [-0.3, -0.25) is 4.79 Å². The standard InChI is InChI=1S/C14H16N2O4S/c1-9-8-15-14(20-9)10(2)16-21(18,19)13-6-4-12(5-7-13)11(3)17/h4-8,10,16H,1-3H3. The molecule has 0 amide bonds. The van der Waals surface area contributed by atoms with Crippen LogP contribution in [0.15, 0.2) is 39.8 Å². The Bertz CT molecular complexity index is 748. The molecule has 1 N–H and O–H groups in total. The van der Waals surface area contributed by atoms with Crippen LogP contribution in [0.1, 0.15) is 41.9 Å². The maximum Gasteiger partial charge on any atom is 0.241 e. The second-order valence-corrected chi connectivity index (χ2v) is 6.45. The first-order chi connectivity index (χ1) is 9.79. The lowest BCUT2D eigenvalue weighted by Crippen LogP contribution is -2.27. The van der Waals surface area contributed by atoms with E-state index in [2.05, 4.69) is 9.71 Å². The fraction of sp³-hybridized carbons (Fsp3) is 0.286. The zero-order valence-electron chi connectivity index (χ0n) is 12.0. The molecular weight excluding hydrogens is 292 g/mol. The van der Waals surface area contributed by atoms with E-state index in [-0.39, 0.29) is 10.7 Å². The van der Waals surface area contributed by atoms with Gasteiger partial charge < -0.3 is 4.42 Å². The number of oxazole rings is 1. The summed E-state index contributed by atoms with van der Waals surface area (Å²) in [6, 6.07) is 5.17. The van der Waals surface area contributed by atoms with Gasteiger partial charge in [-0.1, -0.05) is 12.1 Å². The summed E-state index contributed by atoms with van der Waals surface area (Å²) in [5.74, 6) is 0.800. The molecule has 0 bridgehead atoms. The minimum absolute atomic E-state index is 0.0858. The number of aryl methyl sites for hydroxylation is 1. The van der Waals surface area contributed by atoms with Crippen molar-refractivity contribution in [2.24, 2.45) is 0 Å². The molecule has 0 saturated carbocycles. The largest absolute Gasteiger partial charge is 0.444 e. The van der Waals surface area contributed by atoms with Crippen LogP contribution >= 0.6 is 0 Å². The number of benzene rings is 1. The van der Waals surface area contributed by atoms with Gasteiger partial charge in [-0.05, 0) is 32.9 Å². The van der Waals surface area contributed by atoms with E-state index < -0.39 is 16.1 Å². The molecule has 2 rings (SSSR count). The van der Waals surface area contributed by atoms with Crippen LogP contribution in [0, 0.1) is 6.92 Å². The van der Waals surface area contributed by atoms with Crippen LogP contribution in [0.25, 0.3) is 0 Å². The predicted molar refractivity (Wildman–Crippen MR) is 76.4 cm³/mol. The summed E-state index contributed by atoms with van der Waals surface area (Å²) < 4.78 is 32.3. The number of nitrogens with zero attached hydrogens (tertiary/aromatic N) is 1. The van der Waals surface area contributed by atoms with E-state index >= 15 is 0 Å². The average Bonchev–Trinajstić information content (AvgIpc) is 2.85. The molecule has 2 aromatic rings. The first-order valence-electron chi connectivity index (χ1n) is 6.35. The number of carbonyl (C=O) groups is 1. The highest BCUT2D eigenvalue weighted by atomic mass is 32.2. The molecule has 0 saturated heterocycles. The summed E-state index contributed by atoms with van der Waals surface area (Å²) in [5.41, 5.74) is 0.463. The second kappa shape index (κ2) is 5.79. The van der Waals surface area contributed by atoms with Crippen LogP contribution in [0.4, 0.5) is 0 Å². The summed E-state index contributed by atoms with van der Waals surface area (Å²) in [4.78, 5) is 15.3. The first-order valence-corrected chi connectivity index (χ1v) is 7.83. The highest BCUT2D eigenvalue weighted by molar-refractivity contribution is 7.89. The van der Waals surface area contributed by atoms with Crippen molar-refractivity contribution >= 4 is 15.8 Å². The van der Waals surface area contributed by atoms with E-state index in [4.69, 9.17) is 4.42 Å². The highest BCUT2D eigenvalue weighted by Crippen LogP contribution is 2.17. The third-order valence-corrected chi connectivity index (χ3v) is 4.47. The normalized spacial score (nSPS) is 13.1. The molecule has 6 nitrogen and oxygen atoms in total. The van der Waals surface area contributed by atoms with Crippen molar-refractivity contribution in [3.8, 4) is 0 Å². The maximum absolute atomic E-state index is 12.2. The highest BCUT2D eigenvalue weighted by Gasteiger charge is 2.21. The van der Waals surface area contributed by atoms with E-state index in [0.717, 1.165) is 0 Å². The molecule has 0 spiro atoms. The van der Waals surface area contributed by atoms with Crippen LogP contribution in [0.3, 0.4) is 0 Å². The van der Waals surface area contributed by atoms with Crippen molar-refractivity contribution in [2.75, 3.05) is 0 Å². The van der Waals surface area contributed by atoms with Gasteiger partial charge in [0.1, 0.15) is 5.76 Å². The van der Waals surface area contributed by atoms with Gasteiger partial charge in [0.15, 0.2) is 5.78 Å². The fourth-order valence-corrected chi connectivity index (χ4v) is 2.99. The number of rotatable bonds is 5. The number of ketones is 1. The summed E-state index contributed by atoms with van der Waals surface area (Å²) in [7, 11) is -3.70. The first kappa shape index (κ1) is 15.4. The maximum atomic E-state index is 12.2. The number of sulfonamides is 1. The molecule has 0 aliphatic rings. The average molecular weight is 308 g/mol. The zero-order chi connectivity index (χ0) is 15.6. The molecule has 7 heteroatoms. The Morgan fingerprint density at radius 2 is 1.90 bits per heavy atom. The SMILES string of the molecule is CC(=O)c1ccc(S(=O)(=O)NC(C)c2ncc(C)o2)cc1. The molecular formula is C14H16N2O4S. The second-order valence-electron chi connectivity index (χ2n) is 4.73. The van der Waals surface area contributed by atoms with Gasteiger partial charge in [-0.15, -0.1) is 0 Å². The van der Waals surface area contributed by atoms with Gasteiger partial charge in [0.05, 0.1) is 17.1 Å². The Hall–Kier alpha value is -1.99. The van der Waals surface area contributed by atoms with E-state index in [9.17, 15) is 13.2 Å². The Morgan fingerprint density at radius 3 is 2.38 bits per heavy atom. The van der Waals surface area contributed by atoms with Gasteiger partial charge in [-0.25, -0.2) is 13.4 Å². The Labute approximate surface area is 123 Å². The summed E-state index contributed by atoms with van der Waals surface area (Å²) in [6.45, 7) is 4.81. The van der Waals surface area contributed by atoms with Crippen molar-refractivity contribution in [2.45, 2.75) is 31.7 Å². The third kappa shape index (κ3) is 3.56. The van der Waals surface area contributed by atoms with Gasteiger partial charge in [0.25, 0.3) is 0 Å². The van der Waals surface area contributed by atoms with Gasteiger partial charge in [0, 0.05) is 5.56 Å². The molecule has 21 heavy (non-hydrogen) atoms. The summed E-state index contributed by atoms with van der Waals surface area (Å²) in [6.07, 6.45) is 1.53.